The second-order valence-electron chi connectivity index (χ2n) is 4.20. The van der Waals surface area contributed by atoms with Gasteiger partial charge in [-0.15, -0.1) is 0 Å². The van der Waals surface area contributed by atoms with Crippen LogP contribution in [0, 0.1) is 0 Å². The summed E-state index contributed by atoms with van der Waals surface area (Å²) in [5.41, 5.74) is 8.84. The van der Waals surface area contributed by atoms with Crippen molar-refractivity contribution in [1.82, 2.24) is 0 Å². The van der Waals surface area contributed by atoms with Crippen molar-refractivity contribution in [3.8, 4) is 0 Å². The van der Waals surface area contributed by atoms with Gasteiger partial charge in [-0.05, 0) is 41.8 Å². The summed E-state index contributed by atoms with van der Waals surface area (Å²) in [5.74, 6) is 0. The van der Waals surface area contributed by atoms with Gasteiger partial charge >= 0.3 is 0 Å². The molecule has 0 unspecified atom stereocenters. The van der Waals surface area contributed by atoms with E-state index in [4.69, 9.17) is 0 Å². The van der Waals surface area contributed by atoms with Crippen molar-refractivity contribution < 1.29 is 9.59 Å². The standard InChI is InChI=1S/C15H12N4O2/c20-10-16-18-14-5-1-12(2-6-14)9-13-3-7-15(8-4-13)19-17-11-21/h1-8,18-19H,9H2. The largest absolute Gasteiger partial charge is 0.267 e. The Morgan fingerprint density at radius 1 is 0.714 bits per heavy atom. The van der Waals surface area contributed by atoms with E-state index in [1.165, 1.54) is 12.2 Å². The van der Waals surface area contributed by atoms with E-state index in [9.17, 15) is 9.59 Å². The molecular weight excluding hydrogens is 268 g/mol. The molecule has 0 radical (unpaired) electrons. The molecule has 0 bridgehead atoms. The summed E-state index contributed by atoms with van der Waals surface area (Å²) in [6.07, 6.45) is 3.61. The monoisotopic (exact) mass is 280 g/mol. The summed E-state index contributed by atoms with van der Waals surface area (Å²) >= 11 is 0. The minimum absolute atomic E-state index is 0.730. The first-order valence-corrected chi connectivity index (χ1v) is 6.15. The molecule has 2 N–H and O–H groups in total. The highest BCUT2D eigenvalue weighted by molar-refractivity contribution is 5.49. The van der Waals surface area contributed by atoms with Crippen LogP contribution in [0.3, 0.4) is 0 Å². The van der Waals surface area contributed by atoms with Crippen molar-refractivity contribution >= 4 is 23.5 Å². The number of hydrogen-bond acceptors (Lipinski definition) is 6. The summed E-state index contributed by atoms with van der Waals surface area (Å²) in [5, 5.41) is 6.58. The Bertz CT molecular complexity index is 621. The molecule has 0 fully saturated rings. The van der Waals surface area contributed by atoms with E-state index >= 15 is 0 Å². The molecule has 0 aliphatic heterocycles. The van der Waals surface area contributed by atoms with Gasteiger partial charge in [0.05, 0.1) is 11.4 Å². The Hall–Kier alpha value is -3.20. The molecule has 0 spiro atoms. The first-order valence-electron chi connectivity index (χ1n) is 6.15. The van der Waals surface area contributed by atoms with Crippen LogP contribution in [0.25, 0.3) is 0 Å². The smallest absolute Gasteiger partial charge is 0.258 e. The van der Waals surface area contributed by atoms with Crippen LogP contribution in [0.2, 0.25) is 0 Å². The van der Waals surface area contributed by atoms with Gasteiger partial charge in [0.2, 0.25) is 0 Å². The average molecular weight is 280 g/mol. The molecule has 6 nitrogen and oxygen atoms in total. The van der Waals surface area contributed by atoms with Gasteiger partial charge in [-0.25, -0.2) is 9.59 Å². The number of nitrogens with one attached hydrogen (secondary N) is 2. The van der Waals surface area contributed by atoms with Crippen LogP contribution in [0.15, 0.2) is 58.7 Å². The minimum Gasteiger partial charge on any atom is -0.267 e. The van der Waals surface area contributed by atoms with Crippen LogP contribution in [-0.2, 0) is 16.0 Å². The van der Waals surface area contributed by atoms with Crippen LogP contribution in [-0.4, -0.2) is 12.2 Å². The van der Waals surface area contributed by atoms with E-state index < -0.39 is 0 Å². The second-order valence-corrected chi connectivity index (χ2v) is 4.20. The third kappa shape index (κ3) is 4.44. The van der Waals surface area contributed by atoms with Gasteiger partial charge in [0, 0.05) is 0 Å². The molecule has 0 aliphatic carbocycles. The predicted octanol–water partition coefficient (Wildman–Crippen LogP) is 2.60. The zero-order valence-corrected chi connectivity index (χ0v) is 11.0. The molecule has 6 heteroatoms. The summed E-state index contributed by atoms with van der Waals surface area (Å²) in [6, 6.07) is 15.2. The highest BCUT2D eigenvalue weighted by Gasteiger charge is 1.98. The van der Waals surface area contributed by atoms with Crippen molar-refractivity contribution in [1.29, 1.82) is 0 Å². The average Bonchev–Trinajstić information content (AvgIpc) is 2.53. The van der Waals surface area contributed by atoms with E-state index in [0.29, 0.717) is 0 Å². The van der Waals surface area contributed by atoms with Crippen molar-refractivity contribution in [2.75, 3.05) is 10.9 Å². The number of hydrogen-bond donors (Lipinski definition) is 2. The Labute approximate surface area is 121 Å². The van der Waals surface area contributed by atoms with Crippen LogP contribution in [0.5, 0.6) is 0 Å². The quantitative estimate of drug-likeness (QED) is 0.484. The Kier molecular flexibility index (Phi) is 5.01. The van der Waals surface area contributed by atoms with Gasteiger partial charge in [0.25, 0.3) is 12.2 Å². The van der Waals surface area contributed by atoms with Crippen molar-refractivity contribution in [2.24, 2.45) is 10.2 Å². The Morgan fingerprint density at radius 3 is 1.43 bits per heavy atom. The molecule has 0 saturated heterocycles. The van der Waals surface area contributed by atoms with Gasteiger partial charge in [-0.3, -0.25) is 10.9 Å². The first-order chi connectivity index (χ1) is 10.3. The fraction of sp³-hybridized carbons (Fsp3) is 0.0667. The maximum atomic E-state index is 9.99. The van der Waals surface area contributed by atoms with Gasteiger partial charge in [0.15, 0.2) is 0 Å². The molecule has 104 valence electrons. The molecule has 0 aliphatic rings. The molecular formula is C15H12N4O2. The van der Waals surface area contributed by atoms with E-state index in [0.717, 1.165) is 28.9 Å². The third-order valence-electron chi connectivity index (χ3n) is 2.78. The zero-order valence-electron chi connectivity index (χ0n) is 11.0. The van der Waals surface area contributed by atoms with Gasteiger partial charge in [0.1, 0.15) is 0 Å². The van der Waals surface area contributed by atoms with E-state index in [1.54, 1.807) is 0 Å². The summed E-state index contributed by atoms with van der Waals surface area (Å²) in [7, 11) is 0. The lowest BCUT2D eigenvalue weighted by molar-refractivity contribution is 0.563. The lowest BCUT2D eigenvalue weighted by atomic mass is 10.0. The number of carbonyl (C=O) groups excluding carboxylic acids is 2. The number of rotatable bonds is 6. The zero-order chi connectivity index (χ0) is 14.9. The number of nitrogens with zero attached hydrogens (tertiary/aromatic N) is 2. The number of anilines is 2. The Morgan fingerprint density at radius 2 is 1.10 bits per heavy atom. The highest BCUT2D eigenvalue weighted by Crippen LogP contribution is 2.15. The third-order valence-corrected chi connectivity index (χ3v) is 2.78. The lowest BCUT2D eigenvalue weighted by Gasteiger charge is -2.05. The number of hydrazone groups is 2. The van der Waals surface area contributed by atoms with Gasteiger partial charge in [-0.1, -0.05) is 34.5 Å². The van der Waals surface area contributed by atoms with Crippen molar-refractivity contribution in [3.05, 3.63) is 59.7 Å². The second kappa shape index (κ2) is 7.40. The first kappa shape index (κ1) is 14.2. The van der Waals surface area contributed by atoms with Crippen molar-refractivity contribution in [3.63, 3.8) is 0 Å². The summed E-state index contributed by atoms with van der Waals surface area (Å²) in [4.78, 5) is 20.0. The van der Waals surface area contributed by atoms with E-state index in [-0.39, 0.29) is 0 Å². The van der Waals surface area contributed by atoms with Crippen LogP contribution < -0.4 is 10.9 Å². The number of benzene rings is 2. The molecule has 0 aromatic heterocycles. The van der Waals surface area contributed by atoms with Crippen LogP contribution in [0.1, 0.15) is 11.1 Å². The molecule has 0 atom stereocenters. The molecule has 0 amide bonds. The van der Waals surface area contributed by atoms with Gasteiger partial charge in [-0.2, -0.15) is 0 Å². The predicted molar refractivity (Wildman–Crippen MR) is 79.2 cm³/mol. The number of isocyanates is 2. The molecule has 0 heterocycles. The molecule has 21 heavy (non-hydrogen) atoms. The topological polar surface area (TPSA) is 82.9 Å². The van der Waals surface area contributed by atoms with Gasteiger partial charge < -0.3 is 0 Å². The molecule has 2 aromatic rings. The highest BCUT2D eigenvalue weighted by atomic mass is 16.1. The molecule has 2 aromatic carbocycles. The normalized spacial score (nSPS) is 9.14. The lowest BCUT2D eigenvalue weighted by Crippen LogP contribution is -1.92. The van der Waals surface area contributed by atoms with Crippen molar-refractivity contribution in [2.45, 2.75) is 6.42 Å². The minimum atomic E-state index is 0.730. The molecule has 0 saturated carbocycles. The van der Waals surface area contributed by atoms with E-state index in [1.807, 2.05) is 48.5 Å². The SMILES string of the molecule is O=C=NNc1ccc(Cc2ccc(NN=C=O)cc2)cc1. The summed E-state index contributed by atoms with van der Waals surface area (Å²) in [6.45, 7) is 0. The fourth-order valence-electron chi connectivity index (χ4n) is 1.80. The summed E-state index contributed by atoms with van der Waals surface area (Å²) < 4.78 is 0. The molecule has 2 rings (SSSR count). The van der Waals surface area contributed by atoms with E-state index in [2.05, 4.69) is 21.1 Å². The maximum absolute atomic E-state index is 9.99. The maximum Gasteiger partial charge on any atom is 0.258 e. The fourth-order valence-corrected chi connectivity index (χ4v) is 1.80. The van der Waals surface area contributed by atoms with Crippen LogP contribution in [0.4, 0.5) is 11.4 Å². The Balaban J connectivity index is 2.00. The van der Waals surface area contributed by atoms with Crippen LogP contribution >= 0.6 is 0 Å².